The number of primary amides is 1. The molecule has 1 aliphatic rings. The van der Waals surface area contributed by atoms with Gasteiger partial charge >= 0.3 is 0 Å². The largest absolute Gasteiger partial charge is 0.368 e. The van der Waals surface area contributed by atoms with Gasteiger partial charge in [0, 0.05) is 26.2 Å². The number of rotatable bonds is 4. The summed E-state index contributed by atoms with van der Waals surface area (Å²) in [6, 6.07) is 7.99. The van der Waals surface area contributed by atoms with Gasteiger partial charge in [-0.25, -0.2) is 0 Å². The van der Waals surface area contributed by atoms with E-state index >= 15 is 0 Å². The number of carbonyl (C=O) groups is 1. The summed E-state index contributed by atoms with van der Waals surface area (Å²) in [6.07, 6.45) is 0. The van der Waals surface area contributed by atoms with Crippen molar-refractivity contribution in [1.82, 2.24) is 9.80 Å². The molecule has 2 N–H and O–H groups in total. The fraction of sp³-hybridized carbons (Fsp3) is 0.562. The summed E-state index contributed by atoms with van der Waals surface area (Å²) < 4.78 is 0. The average Bonchev–Trinajstić information content (AvgIpc) is 2.41. The van der Waals surface area contributed by atoms with Crippen molar-refractivity contribution in [3.63, 3.8) is 0 Å². The molecule has 0 spiro atoms. The number of benzene rings is 1. The fourth-order valence-corrected chi connectivity index (χ4v) is 2.70. The van der Waals surface area contributed by atoms with Crippen LogP contribution in [0.2, 0.25) is 0 Å². The van der Waals surface area contributed by atoms with Crippen molar-refractivity contribution in [1.29, 1.82) is 0 Å². The smallest absolute Gasteiger partial charge is 0.239 e. The standard InChI is InChI=1S/C16H25N3O/c1-12(2)13-4-6-14(7-5-13)15(16(17)20)19-10-8-18(3)9-11-19/h4-7,12,15H,8-11H2,1-3H3,(H2,17,20). The van der Waals surface area contributed by atoms with Gasteiger partial charge in [0.25, 0.3) is 0 Å². The number of likely N-dealkylation sites (N-methyl/N-ethyl adjacent to an activating group) is 1. The number of hydrogen-bond donors (Lipinski definition) is 1. The highest BCUT2D eigenvalue weighted by atomic mass is 16.1. The van der Waals surface area contributed by atoms with E-state index in [0.717, 1.165) is 31.7 Å². The molecule has 2 rings (SSSR count). The van der Waals surface area contributed by atoms with Crippen molar-refractivity contribution < 1.29 is 4.79 Å². The maximum Gasteiger partial charge on any atom is 0.239 e. The molecule has 4 heteroatoms. The Hall–Kier alpha value is -1.39. The Morgan fingerprint density at radius 1 is 1.05 bits per heavy atom. The minimum Gasteiger partial charge on any atom is -0.368 e. The summed E-state index contributed by atoms with van der Waals surface area (Å²) in [7, 11) is 2.11. The van der Waals surface area contributed by atoms with Crippen molar-refractivity contribution in [2.45, 2.75) is 25.8 Å². The zero-order valence-electron chi connectivity index (χ0n) is 12.7. The molecule has 1 saturated heterocycles. The van der Waals surface area contributed by atoms with Crippen molar-refractivity contribution in [3.05, 3.63) is 35.4 Å². The lowest BCUT2D eigenvalue weighted by Crippen LogP contribution is -2.49. The van der Waals surface area contributed by atoms with Crippen LogP contribution in [-0.2, 0) is 4.79 Å². The highest BCUT2D eigenvalue weighted by Crippen LogP contribution is 2.24. The van der Waals surface area contributed by atoms with Crippen LogP contribution < -0.4 is 5.73 Å². The van der Waals surface area contributed by atoms with E-state index in [0.29, 0.717) is 5.92 Å². The quantitative estimate of drug-likeness (QED) is 0.907. The Bertz CT molecular complexity index is 447. The first-order valence-corrected chi connectivity index (χ1v) is 7.31. The predicted octanol–water partition coefficient (Wildman–Crippen LogP) is 1.58. The second kappa shape index (κ2) is 6.37. The summed E-state index contributed by atoms with van der Waals surface area (Å²) in [5.74, 6) is 0.242. The molecule has 20 heavy (non-hydrogen) atoms. The molecule has 0 aromatic heterocycles. The second-order valence-corrected chi connectivity index (χ2v) is 5.97. The topological polar surface area (TPSA) is 49.6 Å². The zero-order valence-corrected chi connectivity index (χ0v) is 12.7. The van der Waals surface area contributed by atoms with E-state index in [9.17, 15) is 4.79 Å². The van der Waals surface area contributed by atoms with Crippen molar-refractivity contribution in [2.24, 2.45) is 5.73 Å². The number of nitrogens with zero attached hydrogens (tertiary/aromatic N) is 2. The molecule has 0 saturated carbocycles. The minimum atomic E-state index is -0.301. The number of piperazine rings is 1. The first-order chi connectivity index (χ1) is 9.49. The number of nitrogens with two attached hydrogens (primary N) is 1. The van der Waals surface area contributed by atoms with E-state index in [1.54, 1.807) is 0 Å². The third-order valence-electron chi connectivity index (χ3n) is 4.09. The first kappa shape index (κ1) is 15.0. The first-order valence-electron chi connectivity index (χ1n) is 7.31. The van der Waals surface area contributed by atoms with Crippen LogP contribution in [0.5, 0.6) is 0 Å². The van der Waals surface area contributed by atoms with Crippen LogP contribution in [-0.4, -0.2) is 48.9 Å². The summed E-state index contributed by atoms with van der Waals surface area (Å²) in [5.41, 5.74) is 7.93. The van der Waals surface area contributed by atoms with Crippen molar-refractivity contribution in [2.75, 3.05) is 33.2 Å². The Labute approximate surface area is 121 Å². The minimum absolute atomic E-state index is 0.258. The Balaban J connectivity index is 2.18. The Morgan fingerprint density at radius 2 is 1.55 bits per heavy atom. The molecule has 1 fully saturated rings. The van der Waals surface area contributed by atoms with Gasteiger partial charge in [-0.2, -0.15) is 0 Å². The van der Waals surface area contributed by atoms with Crippen molar-refractivity contribution in [3.8, 4) is 0 Å². The van der Waals surface area contributed by atoms with Gasteiger partial charge in [-0.3, -0.25) is 9.69 Å². The lowest BCUT2D eigenvalue weighted by atomic mass is 9.98. The van der Waals surface area contributed by atoms with Gasteiger partial charge in [-0.1, -0.05) is 38.1 Å². The van der Waals surface area contributed by atoms with Gasteiger partial charge in [-0.15, -0.1) is 0 Å². The van der Waals surface area contributed by atoms with Crippen LogP contribution in [0.15, 0.2) is 24.3 Å². The summed E-state index contributed by atoms with van der Waals surface area (Å²) in [6.45, 7) is 8.07. The van der Waals surface area contributed by atoms with E-state index < -0.39 is 0 Å². The van der Waals surface area contributed by atoms with Crippen LogP contribution in [0.25, 0.3) is 0 Å². The maximum atomic E-state index is 11.9. The summed E-state index contributed by atoms with van der Waals surface area (Å²) in [5, 5.41) is 0. The summed E-state index contributed by atoms with van der Waals surface area (Å²) in [4.78, 5) is 16.3. The molecule has 1 aromatic rings. The molecule has 4 nitrogen and oxygen atoms in total. The lowest BCUT2D eigenvalue weighted by Gasteiger charge is -2.36. The molecular weight excluding hydrogens is 250 g/mol. The Morgan fingerprint density at radius 3 is 2.00 bits per heavy atom. The molecule has 1 atom stereocenters. The molecular formula is C16H25N3O. The normalized spacial score (nSPS) is 19.2. The van der Waals surface area contributed by atoms with Crippen LogP contribution in [0.3, 0.4) is 0 Å². The van der Waals surface area contributed by atoms with Gasteiger partial charge in [0.15, 0.2) is 0 Å². The molecule has 0 aliphatic carbocycles. The number of carbonyl (C=O) groups excluding carboxylic acids is 1. The van der Waals surface area contributed by atoms with Crippen LogP contribution >= 0.6 is 0 Å². The maximum absolute atomic E-state index is 11.9. The highest BCUT2D eigenvalue weighted by molar-refractivity contribution is 5.81. The molecule has 1 aromatic carbocycles. The average molecular weight is 275 g/mol. The predicted molar refractivity (Wildman–Crippen MR) is 81.5 cm³/mol. The molecule has 0 radical (unpaired) electrons. The van der Waals surface area contributed by atoms with E-state index in [1.807, 2.05) is 12.1 Å². The van der Waals surface area contributed by atoms with Crippen LogP contribution in [0, 0.1) is 0 Å². The highest BCUT2D eigenvalue weighted by Gasteiger charge is 2.28. The van der Waals surface area contributed by atoms with Crippen LogP contribution in [0.4, 0.5) is 0 Å². The van der Waals surface area contributed by atoms with Gasteiger partial charge in [0.1, 0.15) is 6.04 Å². The SMILES string of the molecule is CC(C)c1ccc(C(C(N)=O)N2CCN(C)CC2)cc1. The molecule has 1 heterocycles. The van der Waals surface area contributed by atoms with Gasteiger partial charge < -0.3 is 10.6 Å². The fourth-order valence-electron chi connectivity index (χ4n) is 2.70. The molecule has 0 bridgehead atoms. The van der Waals surface area contributed by atoms with Gasteiger partial charge in [0.2, 0.25) is 5.91 Å². The number of hydrogen-bond acceptors (Lipinski definition) is 3. The molecule has 1 unspecified atom stereocenters. The third kappa shape index (κ3) is 3.38. The second-order valence-electron chi connectivity index (χ2n) is 5.97. The van der Waals surface area contributed by atoms with E-state index in [1.165, 1.54) is 5.56 Å². The monoisotopic (exact) mass is 275 g/mol. The molecule has 110 valence electrons. The van der Waals surface area contributed by atoms with E-state index in [2.05, 4.69) is 42.8 Å². The third-order valence-corrected chi connectivity index (χ3v) is 4.09. The van der Waals surface area contributed by atoms with Crippen LogP contribution in [0.1, 0.15) is 36.9 Å². The summed E-state index contributed by atoms with van der Waals surface area (Å²) >= 11 is 0. The number of amides is 1. The van der Waals surface area contributed by atoms with Crippen molar-refractivity contribution >= 4 is 5.91 Å². The van der Waals surface area contributed by atoms with Gasteiger partial charge in [-0.05, 0) is 24.1 Å². The van der Waals surface area contributed by atoms with E-state index in [-0.39, 0.29) is 11.9 Å². The molecule has 1 aliphatic heterocycles. The molecule has 1 amide bonds. The lowest BCUT2D eigenvalue weighted by molar-refractivity contribution is -0.124. The Kier molecular flexibility index (Phi) is 4.78. The zero-order chi connectivity index (χ0) is 14.7. The van der Waals surface area contributed by atoms with Gasteiger partial charge in [0.05, 0.1) is 0 Å². The van der Waals surface area contributed by atoms with E-state index in [4.69, 9.17) is 5.73 Å².